The predicted molar refractivity (Wildman–Crippen MR) is 144 cm³/mol. The minimum Gasteiger partial charge on any atom is -0.481 e. The monoisotopic (exact) mass is 524 g/mol. The van der Waals surface area contributed by atoms with Gasteiger partial charge in [0.25, 0.3) is 0 Å². The number of aliphatic carboxylic acids is 1. The molecule has 2 atom stereocenters. The number of benzene rings is 1. The lowest BCUT2D eigenvalue weighted by atomic mass is 9.85. The zero-order valence-electron chi connectivity index (χ0n) is 20.4. The van der Waals surface area contributed by atoms with Crippen LogP contribution in [0.5, 0.6) is 0 Å². The van der Waals surface area contributed by atoms with Crippen molar-refractivity contribution in [2.75, 3.05) is 33.2 Å². The third kappa shape index (κ3) is 8.53. The number of piperidine rings is 1. The first-order chi connectivity index (χ1) is 16.4. The minimum absolute atomic E-state index is 0.108. The molecule has 2 aliphatic rings. The van der Waals surface area contributed by atoms with Crippen molar-refractivity contribution in [2.24, 2.45) is 11.8 Å². The standard InChI is InChI=1S/C15H15Cl2NS.C12H23NO2/c16-14-2-1-12(15(17)7-14)9-18-5-3-11(8-18)13-4-6-19-10-13;1-3-4-11(12(14)15)9-10-5-7-13(2)8-6-10/h1-2,4,6-7,10-11H,3,5,8-9H2;10-11H,3-9H2,1-2H3,(H,14,15)/t11-;/m1./s1. The molecule has 2 aliphatic heterocycles. The van der Waals surface area contributed by atoms with Crippen molar-refractivity contribution in [1.82, 2.24) is 9.80 Å². The van der Waals surface area contributed by atoms with E-state index in [4.69, 9.17) is 28.3 Å². The van der Waals surface area contributed by atoms with Gasteiger partial charge in [-0.05, 0) is 111 Å². The number of hydrogen-bond acceptors (Lipinski definition) is 4. The first-order valence-electron chi connectivity index (χ1n) is 12.4. The van der Waals surface area contributed by atoms with Gasteiger partial charge in [-0.3, -0.25) is 9.69 Å². The van der Waals surface area contributed by atoms with E-state index in [1.165, 1.54) is 24.8 Å². The van der Waals surface area contributed by atoms with Crippen molar-refractivity contribution in [3.05, 3.63) is 56.2 Å². The molecule has 0 radical (unpaired) electrons. The lowest BCUT2D eigenvalue weighted by Crippen LogP contribution is -2.31. The average Bonchev–Trinajstić information content (AvgIpc) is 3.49. The summed E-state index contributed by atoms with van der Waals surface area (Å²) in [4.78, 5) is 15.8. The molecule has 0 aliphatic carbocycles. The Morgan fingerprint density at radius 1 is 1.18 bits per heavy atom. The number of carbonyl (C=O) groups is 1. The van der Waals surface area contributed by atoms with E-state index in [1.807, 2.05) is 18.2 Å². The largest absolute Gasteiger partial charge is 0.481 e. The Morgan fingerprint density at radius 2 is 1.94 bits per heavy atom. The topological polar surface area (TPSA) is 43.8 Å². The molecule has 2 aromatic rings. The molecule has 3 heterocycles. The maximum absolute atomic E-state index is 11.0. The van der Waals surface area contributed by atoms with Crippen LogP contribution in [0.25, 0.3) is 0 Å². The van der Waals surface area contributed by atoms with Gasteiger partial charge in [-0.2, -0.15) is 11.3 Å². The fourth-order valence-electron chi connectivity index (χ4n) is 5.04. The number of hydrogen-bond donors (Lipinski definition) is 1. The van der Waals surface area contributed by atoms with E-state index in [0.29, 0.717) is 16.9 Å². The Kier molecular flexibility index (Phi) is 11.2. The molecule has 2 fully saturated rings. The molecule has 4 rings (SSSR count). The summed E-state index contributed by atoms with van der Waals surface area (Å²) in [5.41, 5.74) is 2.65. The molecule has 1 aromatic heterocycles. The first kappa shape index (κ1) is 27.5. The van der Waals surface area contributed by atoms with Crippen molar-refractivity contribution < 1.29 is 9.90 Å². The van der Waals surface area contributed by atoms with Gasteiger partial charge in [0.05, 0.1) is 5.92 Å². The van der Waals surface area contributed by atoms with Gasteiger partial charge in [0.2, 0.25) is 0 Å². The van der Waals surface area contributed by atoms with Crippen LogP contribution in [0.3, 0.4) is 0 Å². The molecular weight excluding hydrogens is 487 g/mol. The maximum atomic E-state index is 11.0. The van der Waals surface area contributed by atoms with Crippen LogP contribution < -0.4 is 0 Å². The molecular formula is C27H38Cl2N2O2S. The van der Waals surface area contributed by atoms with Crippen LogP contribution in [-0.2, 0) is 11.3 Å². The van der Waals surface area contributed by atoms with E-state index in [9.17, 15) is 4.79 Å². The highest BCUT2D eigenvalue weighted by Gasteiger charge is 2.25. The van der Waals surface area contributed by atoms with Crippen molar-refractivity contribution in [2.45, 2.75) is 57.9 Å². The van der Waals surface area contributed by atoms with E-state index in [1.54, 1.807) is 11.3 Å². The molecule has 1 unspecified atom stereocenters. The van der Waals surface area contributed by atoms with Crippen LogP contribution in [0.15, 0.2) is 35.0 Å². The summed E-state index contributed by atoms with van der Waals surface area (Å²) in [6, 6.07) is 8.01. The number of carboxylic acids is 1. The molecule has 1 aromatic carbocycles. The molecule has 2 saturated heterocycles. The number of likely N-dealkylation sites (tertiary alicyclic amines) is 2. The summed E-state index contributed by atoms with van der Waals surface area (Å²) < 4.78 is 0. The number of halogens is 2. The lowest BCUT2D eigenvalue weighted by Gasteiger charge is -2.30. The summed E-state index contributed by atoms with van der Waals surface area (Å²) in [5, 5.41) is 15.0. The summed E-state index contributed by atoms with van der Waals surface area (Å²) in [7, 11) is 2.14. The smallest absolute Gasteiger partial charge is 0.306 e. The highest BCUT2D eigenvalue weighted by molar-refractivity contribution is 7.08. The molecule has 4 nitrogen and oxygen atoms in total. The molecule has 0 bridgehead atoms. The second-order valence-electron chi connectivity index (χ2n) is 9.82. The zero-order chi connectivity index (χ0) is 24.5. The van der Waals surface area contributed by atoms with E-state index in [2.05, 4.69) is 40.6 Å². The first-order valence-corrected chi connectivity index (χ1v) is 14.1. The van der Waals surface area contributed by atoms with Crippen LogP contribution >= 0.6 is 34.5 Å². The fraction of sp³-hybridized carbons (Fsp3) is 0.593. The lowest BCUT2D eigenvalue weighted by molar-refractivity contribution is -0.142. The van der Waals surface area contributed by atoms with Gasteiger partial charge >= 0.3 is 5.97 Å². The highest BCUT2D eigenvalue weighted by atomic mass is 35.5. The van der Waals surface area contributed by atoms with Gasteiger partial charge < -0.3 is 10.0 Å². The Morgan fingerprint density at radius 3 is 2.56 bits per heavy atom. The van der Waals surface area contributed by atoms with Crippen molar-refractivity contribution >= 4 is 40.5 Å². The second-order valence-corrected chi connectivity index (χ2v) is 11.4. The molecule has 188 valence electrons. The minimum atomic E-state index is -0.601. The molecule has 34 heavy (non-hydrogen) atoms. The summed E-state index contributed by atoms with van der Waals surface area (Å²) in [6.45, 7) is 7.49. The molecule has 0 spiro atoms. The molecule has 0 saturated carbocycles. The van der Waals surface area contributed by atoms with Gasteiger partial charge in [-0.25, -0.2) is 0 Å². The summed E-state index contributed by atoms with van der Waals surface area (Å²) >= 11 is 13.9. The van der Waals surface area contributed by atoms with E-state index in [-0.39, 0.29) is 5.92 Å². The Labute approximate surface area is 218 Å². The fourth-order valence-corrected chi connectivity index (χ4v) is 6.25. The van der Waals surface area contributed by atoms with Gasteiger partial charge in [0.15, 0.2) is 0 Å². The average molecular weight is 526 g/mol. The van der Waals surface area contributed by atoms with Gasteiger partial charge in [-0.15, -0.1) is 0 Å². The summed E-state index contributed by atoms with van der Waals surface area (Å²) in [6.07, 6.45) is 6.28. The van der Waals surface area contributed by atoms with Crippen LogP contribution in [0, 0.1) is 11.8 Å². The van der Waals surface area contributed by atoms with E-state index in [0.717, 1.165) is 62.6 Å². The Bertz CT molecular complexity index is 885. The maximum Gasteiger partial charge on any atom is 0.306 e. The van der Waals surface area contributed by atoms with Crippen LogP contribution in [0.4, 0.5) is 0 Å². The quantitative estimate of drug-likeness (QED) is 0.394. The number of nitrogens with zero attached hydrogens (tertiary/aromatic N) is 2. The van der Waals surface area contributed by atoms with Crippen molar-refractivity contribution in [3.63, 3.8) is 0 Å². The van der Waals surface area contributed by atoms with Gasteiger partial charge in [-0.1, -0.05) is 42.6 Å². The van der Waals surface area contributed by atoms with E-state index >= 15 is 0 Å². The number of carboxylic acid groups (broad SMARTS) is 1. The Balaban J connectivity index is 0.000000197. The van der Waals surface area contributed by atoms with Crippen molar-refractivity contribution in [3.8, 4) is 0 Å². The van der Waals surface area contributed by atoms with E-state index < -0.39 is 5.97 Å². The van der Waals surface area contributed by atoms with Crippen LogP contribution in [0.2, 0.25) is 10.0 Å². The molecule has 7 heteroatoms. The predicted octanol–water partition coefficient (Wildman–Crippen LogP) is 7.26. The second kappa shape index (κ2) is 13.8. The Hall–Kier alpha value is -1.11. The summed E-state index contributed by atoms with van der Waals surface area (Å²) in [5.74, 6) is 0.602. The number of rotatable bonds is 8. The normalized spacial score (nSPS) is 20.6. The van der Waals surface area contributed by atoms with Gasteiger partial charge in [0.1, 0.15) is 0 Å². The highest BCUT2D eigenvalue weighted by Crippen LogP contribution is 2.31. The van der Waals surface area contributed by atoms with Gasteiger partial charge in [0, 0.05) is 23.1 Å². The molecule has 0 amide bonds. The van der Waals surface area contributed by atoms with Crippen LogP contribution in [-0.4, -0.2) is 54.1 Å². The molecule has 1 N–H and O–H groups in total. The zero-order valence-corrected chi connectivity index (χ0v) is 22.7. The third-order valence-corrected chi connectivity index (χ3v) is 8.43. The van der Waals surface area contributed by atoms with Crippen LogP contribution in [0.1, 0.15) is 62.5 Å². The van der Waals surface area contributed by atoms with Crippen molar-refractivity contribution in [1.29, 1.82) is 0 Å². The third-order valence-electron chi connectivity index (χ3n) is 7.14. The SMILES string of the molecule is CCCC(CC1CCN(C)CC1)C(=O)O.Clc1ccc(CN2CC[C@@H](c3ccsc3)C2)c(Cl)c1. The number of thiophene rings is 1.